The lowest BCUT2D eigenvalue weighted by Gasteiger charge is -2.36. The van der Waals surface area contributed by atoms with Crippen LogP contribution in [0.15, 0.2) is 18.2 Å². The Morgan fingerprint density at radius 2 is 1.96 bits per heavy atom. The zero-order chi connectivity index (χ0) is 17.8. The van der Waals surface area contributed by atoms with E-state index in [0.717, 1.165) is 51.0 Å². The van der Waals surface area contributed by atoms with Gasteiger partial charge in [0.15, 0.2) is 0 Å². The lowest BCUT2D eigenvalue weighted by atomic mass is 9.95. The fourth-order valence-electron chi connectivity index (χ4n) is 3.77. The highest BCUT2D eigenvalue weighted by molar-refractivity contribution is 5.92. The molecule has 2 fully saturated rings. The number of nitrogens with zero attached hydrogens (tertiary/aromatic N) is 3. The number of carbonyl (C=O) groups is 2. The molecule has 3 heterocycles. The molecule has 2 saturated heterocycles. The van der Waals surface area contributed by atoms with Gasteiger partial charge in [0.2, 0.25) is 11.8 Å². The van der Waals surface area contributed by atoms with Gasteiger partial charge in [-0.2, -0.15) is 0 Å². The van der Waals surface area contributed by atoms with Crippen molar-refractivity contribution in [1.82, 2.24) is 14.8 Å². The first-order valence-corrected chi connectivity index (χ1v) is 9.32. The maximum absolute atomic E-state index is 12.6. The third-order valence-electron chi connectivity index (χ3n) is 5.29. The summed E-state index contributed by atoms with van der Waals surface area (Å²) in [7, 11) is 0. The minimum atomic E-state index is -0.147. The third-order valence-corrected chi connectivity index (χ3v) is 5.29. The van der Waals surface area contributed by atoms with Crippen LogP contribution in [0.3, 0.4) is 0 Å². The molecule has 0 saturated carbocycles. The molecule has 0 spiro atoms. The second-order valence-electron chi connectivity index (χ2n) is 7.20. The number of aryl methyl sites for hydroxylation is 1. The first-order valence-electron chi connectivity index (χ1n) is 9.32. The molecule has 2 amide bonds. The number of aromatic nitrogens is 1. The van der Waals surface area contributed by atoms with Crippen LogP contribution in [-0.2, 0) is 9.59 Å². The Labute approximate surface area is 149 Å². The topological polar surface area (TPSA) is 65.5 Å². The van der Waals surface area contributed by atoms with Crippen LogP contribution in [-0.4, -0.2) is 58.8 Å². The van der Waals surface area contributed by atoms with E-state index in [2.05, 4.69) is 15.2 Å². The zero-order valence-corrected chi connectivity index (χ0v) is 15.2. The van der Waals surface area contributed by atoms with Gasteiger partial charge in [-0.15, -0.1) is 0 Å². The molecular formula is C19H28N4O2. The van der Waals surface area contributed by atoms with Gasteiger partial charge in [-0.05, 0) is 58.2 Å². The van der Waals surface area contributed by atoms with E-state index < -0.39 is 0 Å². The Balaban J connectivity index is 1.58. The number of likely N-dealkylation sites (tertiary alicyclic amines) is 2. The molecule has 2 aliphatic rings. The van der Waals surface area contributed by atoms with Gasteiger partial charge in [0.05, 0.1) is 12.0 Å². The van der Waals surface area contributed by atoms with E-state index in [-0.39, 0.29) is 23.8 Å². The summed E-state index contributed by atoms with van der Waals surface area (Å²) in [6, 6.07) is 5.46. The number of anilines is 1. The van der Waals surface area contributed by atoms with Crippen molar-refractivity contribution in [3.63, 3.8) is 0 Å². The van der Waals surface area contributed by atoms with E-state index in [0.29, 0.717) is 12.4 Å². The minimum Gasteiger partial charge on any atom is -0.341 e. The molecule has 1 aromatic heterocycles. The summed E-state index contributed by atoms with van der Waals surface area (Å²) in [5.74, 6) is 0.718. The first-order chi connectivity index (χ1) is 12.0. The fourth-order valence-corrected chi connectivity index (χ4v) is 3.77. The van der Waals surface area contributed by atoms with E-state index in [9.17, 15) is 9.59 Å². The van der Waals surface area contributed by atoms with Crippen molar-refractivity contribution in [2.24, 2.45) is 5.92 Å². The zero-order valence-electron chi connectivity index (χ0n) is 15.2. The molecule has 0 bridgehead atoms. The minimum absolute atomic E-state index is 0.00335. The van der Waals surface area contributed by atoms with Crippen molar-refractivity contribution < 1.29 is 9.59 Å². The van der Waals surface area contributed by atoms with Gasteiger partial charge >= 0.3 is 0 Å². The molecule has 6 nitrogen and oxygen atoms in total. The van der Waals surface area contributed by atoms with Crippen LogP contribution in [0.4, 0.5) is 5.82 Å². The fraction of sp³-hybridized carbons (Fsp3) is 0.632. The smallest absolute Gasteiger partial charge is 0.239 e. The second-order valence-corrected chi connectivity index (χ2v) is 7.20. The molecule has 3 rings (SSSR count). The maximum atomic E-state index is 12.6. The van der Waals surface area contributed by atoms with E-state index in [4.69, 9.17) is 0 Å². The number of pyridine rings is 1. The summed E-state index contributed by atoms with van der Waals surface area (Å²) in [5, 5.41) is 2.92. The molecule has 2 aliphatic heterocycles. The number of carbonyl (C=O) groups excluding carboxylic acids is 2. The molecular weight excluding hydrogens is 316 g/mol. The molecule has 1 N–H and O–H groups in total. The normalized spacial score (nSPS) is 22.6. The van der Waals surface area contributed by atoms with Gasteiger partial charge in [-0.25, -0.2) is 4.98 Å². The van der Waals surface area contributed by atoms with Crippen molar-refractivity contribution in [2.45, 2.75) is 45.6 Å². The number of nitrogens with one attached hydrogen (secondary N) is 1. The molecule has 1 aromatic rings. The van der Waals surface area contributed by atoms with Crippen molar-refractivity contribution in [3.8, 4) is 0 Å². The van der Waals surface area contributed by atoms with E-state index >= 15 is 0 Å². The Morgan fingerprint density at radius 1 is 1.20 bits per heavy atom. The number of piperidine rings is 1. The van der Waals surface area contributed by atoms with Crippen LogP contribution < -0.4 is 5.32 Å². The van der Waals surface area contributed by atoms with Gasteiger partial charge in [-0.3, -0.25) is 14.5 Å². The van der Waals surface area contributed by atoms with Crippen molar-refractivity contribution in [2.75, 3.05) is 31.5 Å². The monoisotopic (exact) mass is 344 g/mol. The summed E-state index contributed by atoms with van der Waals surface area (Å²) in [6.45, 7) is 7.15. The first kappa shape index (κ1) is 17.9. The highest BCUT2D eigenvalue weighted by atomic mass is 16.2. The molecule has 0 aromatic carbocycles. The van der Waals surface area contributed by atoms with Crippen molar-refractivity contribution in [1.29, 1.82) is 0 Å². The molecule has 0 radical (unpaired) electrons. The standard InChI is InChI=1S/C19H28N4O2/c1-14-7-5-9-17(20-14)21-18(24)16-8-6-12-23(13-16)15(2)19(25)22-10-3-4-11-22/h5,7,9,15-16H,3-4,6,8,10-13H2,1-2H3,(H,20,21,24). The van der Waals surface area contributed by atoms with Gasteiger partial charge in [0.25, 0.3) is 0 Å². The van der Waals surface area contributed by atoms with Crippen LogP contribution >= 0.6 is 0 Å². The van der Waals surface area contributed by atoms with Crippen LogP contribution in [0.1, 0.15) is 38.3 Å². The average molecular weight is 344 g/mol. The summed E-state index contributed by atoms with van der Waals surface area (Å²) < 4.78 is 0. The highest BCUT2D eigenvalue weighted by Gasteiger charge is 2.33. The summed E-state index contributed by atoms with van der Waals surface area (Å²) in [6.07, 6.45) is 4.01. The molecule has 25 heavy (non-hydrogen) atoms. The Bertz CT molecular complexity index is 628. The number of hydrogen-bond donors (Lipinski definition) is 1. The summed E-state index contributed by atoms with van der Waals surface area (Å²) >= 11 is 0. The van der Waals surface area contributed by atoms with Crippen LogP contribution in [0, 0.1) is 12.8 Å². The second kappa shape index (κ2) is 7.95. The molecule has 0 aliphatic carbocycles. The van der Waals surface area contributed by atoms with Crippen LogP contribution in [0.2, 0.25) is 0 Å². The van der Waals surface area contributed by atoms with Crippen LogP contribution in [0.5, 0.6) is 0 Å². The predicted octanol–water partition coefficient (Wildman–Crippen LogP) is 2.05. The van der Waals surface area contributed by atoms with Gasteiger partial charge < -0.3 is 10.2 Å². The Kier molecular flexibility index (Phi) is 5.68. The SMILES string of the molecule is Cc1cccc(NC(=O)C2CCCN(C(C)C(=O)N3CCCC3)C2)n1. The Morgan fingerprint density at radius 3 is 2.68 bits per heavy atom. The molecule has 2 unspecified atom stereocenters. The van der Waals surface area contributed by atoms with Crippen LogP contribution in [0.25, 0.3) is 0 Å². The van der Waals surface area contributed by atoms with Gasteiger partial charge in [0, 0.05) is 25.3 Å². The summed E-state index contributed by atoms with van der Waals surface area (Å²) in [5.41, 5.74) is 0.882. The molecule has 2 atom stereocenters. The third kappa shape index (κ3) is 4.37. The predicted molar refractivity (Wildman–Crippen MR) is 97.2 cm³/mol. The summed E-state index contributed by atoms with van der Waals surface area (Å²) in [4.78, 5) is 33.7. The number of hydrogen-bond acceptors (Lipinski definition) is 4. The Hall–Kier alpha value is -1.95. The van der Waals surface area contributed by atoms with E-state index in [1.807, 2.05) is 36.9 Å². The maximum Gasteiger partial charge on any atom is 0.239 e. The largest absolute Gasteiger partial charge is 0.341 e. The van der Waals surface area contributed by atoms with Gasteiger partial charge in [0.1, 0.15) is 5.82 Å². The quantitative estimate of drug-likeness (QED) is 0.908. The molecule has 6 heteroatoms. The van der Waals surface area contributed by atoms with E-state index in [1.54, 1.807) is 0 Å². The number of amides is 2. The molecule has 136 valence electrons. The van der Waals surface area contributed by atoms with Gasteiger partial charge in [-0.1, -0.05) is 6.07 Å². The van der Waals surface area contributed by atoms with Crippen molar-refractivity contribution in [3.05, 3.63) is 23.9 Å². The number of rotatable bonds is 4. The lowest BCUT2D eigenvalue weighted by Crippen LogP contribution is -2.51. The average Bonchev–Trinajstić information content (AvgIpc) is 3.15. The van der Waals surface area contributed by atoms with E-state index in [1.165, 1.54) is 0 Å². The van der Waals surface area contributed by atoms with Crippen molar-refractivity contribution >= 4 is 17.6 Å². The lowest BCUT2D eigenvalue weighted by molar-refractivity contribution is -0.137. The highest BCUT2D eigenvalue weighted by Crippen LogP contribution is 2.22.